The van der Waals surface area contributed by atoms with Gasteiger partial charge in [-0.25, -0.2) is 4.79 Å². The van der Waals surface area contributed by atoms with Crippen LogP contribution in [0.5, 0.6) is 0 Å². The fourth-order valence-corrected chi connectivity index (χ4v) is 3.35. The molecule has 1 aromatic heterocycles. The van der Waals surface area contributed by atoms with Crippen molar-refractivity contribution in [1.82, 2.24) is 0 Å². The number of aromatic carboxylic acids is 1. The van der Waals surface area contributed by atoms with Gasteiger partial charge in [0, 0.05) is 22.2 Å². The lowest BCUT2D eigenvalue weighted by Crippen LogP contribution is -2.19. The number of nitrogens with one attached hydrogen (secondary N) is 1. The van der Waals surface area contributed by atoms with E-state index in [9.17, 15) is 9.90 Å². The summed E-state index contributed by atoms with van der Waals surface area (Å²) in [7, 11) is 0. The topological polar surface area (TPSA) is 49.3 Å². The second-order valence-corrected chi connectivity index (χ2v) is 6.51. The maximum absolute atomic E-state index is 11.3. The summed E-state index contributed by atoms with van der Waals surface area (Å²) in [6.45, 7) is 4.10. The van der Waals surface area contributed by atoms with E-state index in [4.69, 9.17) is 11.6 Å². The first kappa shape index (κ1) is 14.9. The van der Waals surface area contributed by atoms with Crippen LogP contribution < -0.4 is 5.32 Å². The van der Waals surface area contributed by atoms with Crippen LogP contribution in [-0.4, -0.2) is 17.1 Å². The largest absolute Gasteiger partial charge is 0.478 e. The summed E-state index contributed by atoms with van der Waals surface area (Å²) in [5, 5.41) is 12.7. The number of halogens is 1. The van der Waals surface area contributed by atoms with Gasteiger partial charge in [-0.15, -0.1) is 11.3 Å². The molecule has 0 aliphatic heterocycles. The van der Waals surface area contributed by atoms with Crippen molar-refractivity contribution in [2.24, 2.45) is 0 Å². The smallest absolute Gasteiger partial charge is 0.339 e. The fourth-order valence-electron chi connectivity index (χ4n) is 2.07. The monoisotopic (exact) mass is 309 g/mol. The van der Waals surface area contributed by atoms with Crippen LogP contribution in [0.2, 0.25) is 5.02 Å². The minimum atomic E-state index is -1.02. The van der Waals surface area contributed by atoms with Crippen LogP contribution in [0.3, 0.4) is 0 Å². The normalized spacial score (nSPS) is 12.2. The summed E-state index contributed by atoms with van der Waals surface area (Å²) in [4.78, 5) is 13.8. The quantitative estimate of drug-likeness (QED) is 0.857. The van der Waals surface area contributed by atoms with Gasteiger partial charge in [-0.2, -0.15) is 0 Å². The summed E-state index contributed by atoms with van der Waals surface area (Å²) in [6.07, 6.45) is 0.851. The molecular formula is C15H16ClNO2S. The van der Waals surface area contributed by atoms with Crippen molar-refractivity contribution < 1.29 is 9.90 Å². The summed E-state index contributed by atoms with van der Waals surface area (Å²) in [5.41, 5.74) is 0.689. The lowest BCUT2D eigenvalue weighted by Gasteiger charge is -2.16. The third-order valence-corrected chi connectivity index (χ3v) is 4.27. The van der Waals surface area contributed by atoms with Gasteiger partial charge in [0.25, 0.3) is 0 Å². The fraction of sp³-hybridized carbons (Fsp3) is 0.267. The Morgan fingerprint density at radius 1 is 1.40 bits per heavy atom. The Morgan fingerprint density at radius 2 is 2.15 bits per heavy atom. The molecule has 0 saturated carbocycles. The molecule has 1 heterocycles. The lowest BCUT2D eigenvalue weighted by atomic mass is 10.1. The van der Waals surface area contributed by atoms with Gasteiger partial charge in [0.2, 0.25) is 0 Å². The molecule has 20 heavy (non-hydrogen) atoms. The van der Waals surface area contributed by atoms with Gasteiger partial charge in [-0.3, -0.25) is 0 Å². The predicted octanol–water partition coefficient (Wildman–Crippen LogP) is 4.45. The van der Waals surface area contributed by atoms with E-state index in [-0.39, 0.29) is 16.6 Å². The highest BCUT2D eigenvalue weighted by Gasteiger charge is 2.16. The third kappa shape index (κ3) is 3.52. The van der Waals surface area contributed by atoms with Crippen LogP contribution in [0.4, 0.5) is 5.69 Å². The first-order valence-corrected chi connectivity index (χ1v) is 7.50. The Balaban J connectivity index is 2.13. The predicted molar refractivity (Wildman–Crippen MR) is 84.3 cm³/mol. The van der Waals surface area contributed by atoms with E-state index in [1.807, 2.05) is 6.92 Å². The molecule has 3 nitrogen and oxygen atoms in total. The highest BCUT2D eigenvalue weighted by atomic mass is 35.5. The summed E-state index contributed by atoms with van der Waals surface area (Å²) >= 11 is 7.71. The van der Waals surface area contributed by atoms with Gasteiger partial charge in [-0.1, -0.05) is 17.7 Å². The number of benzene rings is 1. The molecule has 0 saturated heterocycles. The standard InChI is InChI=1S/C15H16ClNO2S/c1-9(8-11-7-6-10(2)20-11)17-13-5-3-4-12(16)14(13)15(18)19/h3-7,9,17H,8H2,1-2H3,(H,18,19). The minimum Gasteiger partial charge on any atom is -0.478 e. The molecule has 2 N–H and O–H groups in total. The second kappa shape index (κ2) is 6.29. The number of carboxylic acid groups (broad SMARTS) is 1. The number of hydrogen-bond donors (Lipinski definition) is 2. The number of hydrogen-bond acceptors (Lipinski definition) is 3. The van der Waals surface area contributed by atoms with Crippen LogP contribution >= 0.6 is 22.9 Å². The van der Waals surface area contributed by atoms with Crippen molar-refractivity contribution >= 4 is 34.6 Å². The Bertz CT molecular complexity index is 624. The number of carboxylic acids is 1. The first-order valence-electron chi connectivity index (χ1n) is 6.31. The molecule has 1 aromatic carbocycles. The number of aryl methyl sites for hydroxylation is 1. The number of anilines is 1. The maximum atomic E-state index is 11.3. The molecule has 5 heteroatoms. The van der Waals surface area contributed by atoms with Crippen molar-refractivity contribution in [1.29, 1.82) is 0 Å². The van der Waals surface area contributed by atoms with E-state index >= 15 is 0 Å². The highest BCUT2D eigenvalue weighted by molar-refractivity contribution is 7.11. The van der Waals surface area contributed by atoms with Crippen LogP contribution in [0, 0.1) is 6.92 Å². The average Bonchev–Trinajstić information content (AvgIpc) is 2.74. The molecule has 0 bridgehead atoms. The molecule has 0 radical (unpaired) electrons. The van der Waals surface area contributed by atoms with Gasteiger partial charge in [0.1, 0.15) is 5.56 Å². The molecular weight excluding hydrogens is 294 g/mol. The third-order valence-electron chi connectivity index (χ3n) is 2.93. The van der Waals surface area contributed by atoms with E-state index < -0.39 is 5.97 Å². The molecule has 2 aromatic rings. The Kier molecular flexibility index (Phi) is 4.68. The second-order valence-electron chi connectivity index (χ2n) is 4.73. The summed E-state index contributed by atoms with van der Waals surface area (Å²) in [5.74, 6) is -1.02. The van der Waals surface area contributed by atoms with E-state index in [1.54, 1.807) is 29.5 Å². The number of carbonyl (C=O) groups is 1. The Morgan fingerprint density at radius 3 is 2.75 bits per heavy atom. The van der Waals surface area contributed by atoms with Crippen LogP contribution in [0.25, 0.3) is 0 Å². The molecule has 1 unspecified atom stereocenters. The zero-order chi connectivity index (χ0) is 14.7. The van der Waals surface area contributed by atoms with Gasteiger partial charge < -0.3 is 10.4 Å². The molecule has 1 atom stereocenters. The average molecular weight is 310 g/mol. The Hall–Kier alpha value is -1.52. The minimum absolute atomic E-state index is 0.128. The molecule has 106 valence electrons. The SMILES string of the molecule is Cc1ccc(CC(C)Nc2cccc(Cl)c2C(=O)O)s1. The van der Waals surface area contributed by atoms with Crippen LogP contribution in [0.1, 0.15) is 27.0 Å². The maximum Gasteiger partial charge on any atom is 0.339 e. The first-order chi connectivity index (χ1) is 9.47. The van der Waals surface area contributed by atoms with Gasteiger partial charge in [0.05, 0.1) is 10.7 Å². The van der Waals surface area contributed by atoms with Crippen molar-refractivity contribution in [3.8, 4) is 0 Å². The van der Waals surface area contributed by atoms with Crippen molar-refractivity contribution in [3.05, 3.63) is 50.7 Å². The lowest BCUT2D eigenvalue weighted by molar-refractivity contribution is 0.0698. The molecule has 2 rings (SSSR count). The van der Waals surface area contributed by atoms with Crippen molar-refractivity contribution in [2.75, 3.05) is 5.32 Å². The zero-order valence-electron chi connectivity index (χ0n) is 11.3. The number of rotatable bonds is 5. The van der Waals surface area contributed by atoms with Crippen molar-refractivity contribution in [3.63, 3.8) is 0 Å². The van der Waals surface area contributed by atoms with Gasteiger partial charge in [0.15, 0.2) is 0 Å². The van der Waals surface area contributed by atoms with E-state index in [0.29, 0.717) is 5.69 Å². The molecule has 0 aliphatic carbocycles. The molecule has 0 amide bonds. The molecule has 0 fully saturated rings. The van der Waals surface area contributed by atoms with Crippen molar-refractivity contribution in [2.45, 2.75) is 26.3 Å². The summed E-state index contributed by atoms with van der Waals surface area (Å²) < 4.78 is 0. The Labute approximate surface area is 127 Å². The van der Waals surface area contributed by atoms with E-state index in [2.05, 4.69) is 24.4 Å². The zero-order valence-corrected chi connectivity index (χ0v) is 12.9. The highest BCUT2D eigenvalue weighted by Crippen LogP contribution is 2.26. The van der Waals surface area contributed by atoms with E-state index in [0.717, 1.165) is 6.42 Å². The van der Waals surface area contributed by atoms with Crippen LogP contribution in [0.15, 0.2) is 30.3 Å². The van der Waals surface area contributed by atoms with Gasteiger partial charge >= 0.3 is 5.97 Å². The van der Waals surface area contributed by atoms with Crippen LogP contribution in [-0.2, 0) is 6.42 Å². The number of thiophene rings is 1. The molecule has 0 spiro atoms. The molecule has 0 aliphatic rings. The van der Waals surface area contributed by atoms with E-state index in [1.165, 1.54) is 9.75 Å². The summed E-state index contributed by atoms with van der Waals surface area (Å²) in [6, 6.07) is 9.40. The van der Waals surface area contributed by atoms with Gasteiger partial charge in [-0.05, 0) is 38.1 Å².